The standard InChI is InChI=1S/C14H17N3O3/c1-2-8-20-10-11-4-3-7-17(9-11)14(19)12-5-6-13(18)16-15-12/h1,5-6,11H,3-4,7-10H2,(H,16,18). The van der Waals surface area contributed by atoms with E-state index in [2.05, 4.69) is 16.1 Å². The third-order valence-electron chi connectivity index (χ3n) is 3.24. The first kappa shape index (κ1) is 14.3. The molecule has 1 aliphatic rings. The van der Waals surface area contributed by atoms with Crippen molar-refractivity contribution >= 4 is 5.91 Å². The predicted octanol–water partition coefficient (Wildman–Crippen LogP) is 0.272. The van der Waals surface area contributed by atoms with Gasteiger partial charge in [-0.25, -0.2) is 5.10 Å². The van der Waals surface area contributed by atoms with Gasteiger partial charge >= 0.3 is 0 Å². The number of H-pyrrole nitrogens is 1. The van der Waals surface area contributed by atoms with E-state index < -0.39 is 0 Å². The van der Waals surface area contributed by atoms with Crippen LogP contribution in [0.1, 0.15) is 23.3 Å². The highest BCUT2D eigenvalue weighted by Gasteiger charge is 2.25. The lowest BCUT2D eigenvalue weighted by atomic mass is 9.98. The van der Waals surface area contributed by atoms with E-state index >= 15 is 0 Å². The molecular weight excluding hydrogens is 258 g/mol. The minimum atomic E-state index is -0.319. The first-order chi connectivity index (χ1) is 9.70. The van der Waals surface area contributed by atoms with E-state index in [0.717, 1.165) is 12.8 Å². The molecule has 6 nitrogen and oxygen atoms in total. The van der Waals surface area contributed by atoms with Crippen LogP contribution in [-0.4, -0.2) is 47.3 Å². The quantitative estimate of drug-likeness (QED) is 0.632. The van der Waals surface area contributed by atoms with Crippen LogP contribution in [0.4, 0.5) is 0 Å². The molecule has 0 spiro atoms. The highest BCUT2D eigenvalue weighted by molar-refractivity contribution is 5.92. The van der Waals surface area contributed by atoms with E-state index in [-0.39, 0.29) is 17.2 Å². The number of aromatic nitrogens is 2. The minimum Gasteiger partial charge on any atom is -0.368 e. The van der Waals surface area contributed by atoms with Gasteiger partial charge in [-0.1, -0.05) is 5.92 Å². The van der Waals surface area contributed by atoms with Gasteiger partial charge in [0.15, 0.2) is 0 Å². The summed E-state index contributed by atoms with van der Waals surface area (Å²) in [7, 11) is 0. The molecule has 0 bridgehead atoms. The molecule has 20 heavy (non-hydrogen) atoms. The zero-order valence-electron chi connectivity index (χ0n) is 11.2. The average Bonchev–Trinajstić information content (AvgIpc) is 2.48. The van der Waals surface area contributed by atoms with E-state index in [1.807, 2.05) is 0 Å². The van der Waals surface area contributed by atoms with Crippen LogP contribution < -0.4 is 5.56 Å². The van der Waals surface area contributed by atoms with E-state index in [4.69, 9.17) is 11.2 Å². The molecule has 1 fully saturated rings. The van der Waals surface area contributed by atoms with Crippen LogP contribution >= 0.6 is 0 Å². The van der Waals surface area contributed by atoms with Gasteiger partial charge in [-0.3, -0.25) is 9.59 Å². The van der Waals surface area contributed by atoms with Crippen molar-refractivity contribution in [3.05, 3.63) is 28.2 Å². The van der Waals surface area contributed by atoms with Crippen molar-refractivity contribution in [1.29, 1.82) is 0 Å². The van der Waals surface area contributed by atoms with Gasteiger partial charge in [-0.2, -0.15) is 5.10 Å². The summed E-state index contributed by atoms with van der Waals surface area (Å²) in [6, 6.07) is 2.75. The molecule has 1 amide bonds. The van der Waals surface area contributed by atoms with Crippen LogP contribution in [0.5, 0.6) is 0 Å². The number of aromatic amines is 1. The SMILES string of the molecule is C#CCOCC1CCCN(C(=O)c2ccc(=O)[nH]n2)C1. The van der Waals surface area contributed by atoms with Gasteiger partial charge in [0.25, 0.3) is 11.5 Å². The number of carbonyl (C=O) groups is 1. The molecule has 1 N–H and O–H groups in total. The number of terminal acetylenes is 1. The maximum absolute atomic E-state index is 12.3. The van der Waals surface area contributed by atoms with Crippen molar-refractivity contribution in [2.75, 3.05) is 26.3 Å². The summed E-state index contributed by atoms with van der Waals surface area (Å²) in [5, 5.41) is 6.04. The van der Waals surface area contributed by atoms with Gasteiger partial charge in [-0.15, -0.1) is 6.42 Å². The van der Waals surface area contributed by atoms with Gasteiger partial charge < -0.3 is 9.64 Å². The summed E-state index contributed by atoms with van der Waals surface area (Å²) in [6.07, 6.45) is 7.08. The molecule has 1 aromatic rings. The van der Waals surface area contributed by atoms with E-state index in [0.29, 0.717) is 32.2 Å². The number of nitrogens with zero attached hydrogens (tertiary/aromatic N) is 2. The zero-order valence-corrected chi connectivity index (χ0v) is 11.2. The van der Waals surface area contributed by atoms with Gasteiger partial charge in [0, 0.05) is 25.1 Å². The summed E-state index contributed by atoms with van der Waals surface area (Å²) in [6.45, 7) is 2.19. The Morgan fingerprint density at radius 1 is 1.60 bits per heavy atom. The molecule has 2 rings (SSSR count). The Bertz CT molecular complexity index is 541. The number of piperidine rings is 1. The second-order valence-corrected chi connectivity index (χ2v) is 4.79. The summed E-state index contributed by atoms with van der Waals surface area (Å²) in [5.74, 6) is 2.56. The molecule has 1 unspecified atom stereocenters. The number of likely N-dealkylation sites (tertiary alicyclic amines) is 1. The summed E-state index contributed by atoms with van der Waals surface area (Å²) < 4.78 is 5.33. The normalized spacial score (nSPS) is 18.6. The van der Waals surface area contributed by atoms with Gasteiger partial charge in [0.05, 0.1) is 6.61 Å². The maximum atomic E-state index is 12.3. The number of hydrogen-bond donors (Lipinski definition) is 1. The number of carbonyl (C=O) groups excluding carboxylic acids is 1. The average molecular weight is 275 g/mol. The summed E-state index contributed by atoms with van der Waals surface area (Å²) in [4.78, 5) is 24.9. The smallest absolute Gasteiger partial charge is 0.274 e. The van der Waals surface area contributed by atoms with Crippen molar-refractivity contribution < 1.29 is 9.53 Å². The van der Waals surface area contributed by atoms with Crippen molar-refractivity contribution in [3.8, 4) is 12.3 Å². The molecule has 0 radical (unpaired) electrons. The van der Waals surface area contributed by atoms with Crippen LogP contribution in [0.15, 0.2) is 16.9 Å². The van der Waals surface area contributed by atoms with Gasteiger partial charge in [0.2, 0.25) is 0 Å². The summed E-state index contributed by atoms with van der Waals surface area (Å²) in [5.41, 5.74) is -0.0597. The van der Waals surface area contributed by atoms with Crippen LogP contribution in [0, 0.1) is 18.3 Å². The molecule has 2 heterocycles. The highest BCUT2D eigenvalue weighted by atomic mass is 16.5. The Labute approximate surface area is 117 Å². The Balaban J connectivity index is 1.94. The van der Waals surface area contributed by atoms with E-state index in [1.165, 1.54) is 12.1 Å². The predicted molar refractivity (Wildman–Crippen MR) is 73.1 cm³/mol. The first-order valence-electron chi connectivity index (χ1n) is 6.57. The van der Waals surface area contributed by atoms with Crippen molar-refractivity contribution in [1.82, 2.24) is 15.1 Å². The lowest BCUT2D eigenvalue weighted by molar-refractivity contribution is 0.0528. The topological polar surface area (TPSA) is 75.3 Å². The lowest BCUT2D eigenvalue weighted by Crippen LogP contribution is -2.41. The highest BCUT2D eigenvalue weighted by Crippen LogP contribution is 2.18. The molecule has 0 aliphatic carbocycles. The summed E-state index contributed by atoms with van der Waals surface area (Å²) >= 11 is 0. The van der Waals surface area contributed by atoms with Crippen molar-refractivity contribution in [3.63, 3.8) is 0 Å². The van der Waals surface area contributed by atoms with Gasteiger partial charge in [-0.05, 0) is 18.9 Å². The van der Waals surface area contributed by atoms with Crippen LogP contribution in [0.25, 0.3) is 0 Å². The molecule has 0 aromatic carbocycles. The number of ether oxygens (including phenoxy) is 1. The number of rotatable bonds is 4. The fourth-order valence-electron chi connectivity index (χ4n) is 2.30. The number of hydrogen-bond acceptors (Lipinski definition) is 4. The third kappa shape index (κ3) is 3.68. The minimum absolute atomic E-state index is 0.164. The Hall–Kier alpha value is -2.13. The fraction of sp³-hybridized carbons (Fsp3) is 0.500. The molecule has 1 aliphatic heterocycles. The van der Waals surface area contributed by atoms with Crippen LogP contribution in [0.3, 0.4) is 0 Å². The first-order valence-corrected chi connectivity index (χ1v) is 6.57. The molecule has 1 aromatic heterocycles. The largest absolute Gasteiger partial charge is 0.368 e. The Morgan fingerprint density at radius 3 is 3.15 bits per heavy atom. The third-order valence-corrected chi connectivity index (χ3v) is 3.24. The van der Waals surface area contributed by atoms with Crippen LogP contribution in [0.2, 0.25) is 0 Å². The fourth-order valence-corrected chi connectivity index (χ4v) is 2.30. The molecule has 1 atom stereocenters. The number of nitrogens with one attached hydrogen (secondary N) is 1. The van der Waals surface area contributed by atoms with Crippen molar-refractivity contribution in [2.24, 2.45) is 5.92 Å². The van der Waals surface area contributed by atoms with Gasteiger partial charge in [0.1, 0.15) is 12.3 Å². The van der Waals surface area contributed by atoms with E-state index in [1.54, 1.807) is 4.90 Å². The molecule has 106 valence electrons. The van der Waals surface area contributed by atoms with E-state index in [9.17, 15) is 9.59 Å². The molecule has 6 heteroatoms. The Kier molecular flexibility index (Phi) is 4.91. The Morgan fingerprint density at radius 2 is 2.45 bits per heavy atom. The lowest BCUT2D eigenvalue weighted by Gasteiger charge is -2.32. The van der Waals surface area contributed by atoms with Crippen LogP contribution in [-0.2, 0) is 4.74 Å². The molecule has 0 saturated carbocycles. The zero-order chi connectivity index (χ0) is 14.4. The second-order valence-electron chi connectivity index (χ2n) is 4.79. The maximum Gasteiger partial charge on any atom is 0.274 e. The van der Waals surface area contributed by atoms with Crippen molar-refractivity contribution in [2.45, 2.75) is 12.8 Å². The second kappa shape index (κ2) is 6.87. The molecular formula is C14H17N3O3. The molecule has 1 saturated heterocycles. The number of amides is 1. The monoisotopic (exact) mass is 275 g/mol.